The molecular weight excluding hydrogens is 553 g/mol. The SMILES string of the molecule is CC1OCCn2nc(Nc3cc(-c4ccnc(-n5ncc6cc(C(C)(C)C)cc(F)c6c5=O)c4CO)cn(C)c3=O)cc21. The van der Waals surface area contributed by atoms with Crippen LogP contribution >= 0.6 is 0 Å². The summed E-state index contributed by atoms with van der Waals surface area (Å²) in [7, 11) is 1.62. The van der Waals surface area contributed by atoms with Crippen LogP contribution in [0.1, 0.15) is 50.6 Å². The second-order valence-corrected chi connectivity index (χ2v) is 11.7. The Bertz CT molecular complexity index is 2010. The van der Waals surface area contributed by atoms with Crippen LogP contribution in [0.3, 0.4) is 0 Å². The molecule has 0 fully saturated rings. The zero-order chi connectivity index (χ0) is 30.6. The minimum atomic E-state index is -0.695. The third kappa shape index (κ3) is 5.02. The average molecular weight is 586 g/mol. The predicted molar refractivity (Wildman–Crippen MR) is 160 cm³/mol. The Morgan fingerprint density at radius 1 is 1.16 bits per heavy atom. The summed E-state index contributed by atoms with van der Waals surface area (Å²) in [6.45, 7) is 8.51. The summed E-state index contributed by atoms with van der Waals surface area (Å²) in [4.78, 5) is 31.0. The van der Waals surface area contributed by atoms with Gasteiger partial charge in [0.05, 0.1) is 43.1 Å². The van der Waals surface area contributed by atoms with Gasteiger partial charge in [0.1, 0.15) is 11.5 Å². The molecule has 1 aliphatic heterocycles. The Kier molecular flexibility index (Phi) is 6.98. The molecule has 11 nitrogen and oxygen atoms in total. The van der Waals surface area contributed by atoms with E-state index in [1.165, 1.54) is 23.0 Å². The van der Waals surface area contributed by atoms with Gasteiger partial charge in [-0.15, -0.1) is 0 Å². The van der Waals surface area contributed by atoms with Crippen LogP contribution in [-0.4, -0.2) is 40.8 Å². The number of rotatable bonds is 5. The molecule has 0 spiro atoms. The van der Waals surface area contributed by atoms with Gasteiger partial charge in [0, 0.05) is 42.0 Å². The van der Waals surface area contributed by atoms with Gasteiger partial charge in [0.2, 0.25) is 0 Å². The zero-order valence-corrected chi connectivity index (χ0v) is 24.6. The molecular formula is C31H32FN7O4. The summed E-state index contributed by atoms with van der Waals surface area (Å²) in [6, 6.07) is 8.31. The van der Waals surface area contributed by atoms with E-state index in [1.807, 2.05) is 38.4 Å². The van der Waals surface area contributed by atoms with Crippen LogP contribution in [0.5, 0.6) is 0 Å². The van der Waals surface area contributed by atoms with E-state index < -0.39 is 18.0 Å². The second-order valence-electron chi connectivity index (χ2n) is 11.7. The maximum atomic E-state index is 15.3. The summed E-state index contributed by atoms with van der Waals surface area (Å²) in [5.74, 6) is -0.0886. The summed E-state index contributed by atoms with van der Waals surface area (Å²) in [5, 5.41) is 22.7. The van der Waals surface area contributed by atoms with Crippen molar-refractivity contribution in [1.82, 2.24) is 29.1 Å². The van der Waals surface area contributed by atoms with E-state index in [2.05, 4.69) is 20.5 Å². The fourth-order valence-electron chi connectivity index (χ4n) is 5.39. The summed E-state index contributed by atoms with van der Waals surface area (Å²) in [5.41, 5.74) is 2.00. The fourth-order valence-corrected chi connectivity index (χ4v) is 5.39. The number of aryl methyl sites for hydroxylation is 1. The Balaban J connectivity index is 1.44. The summed E-state index contributed by atoms with van der Waals surface area (Å²) in [6.07, 6.45) is 4.42. The standard InChI is InChI=1S/C31H32FN7O4/c1-17-25-13-26(36-38(25)8-9-43-17)35-24-11-19(15-37(5)29(24)41)21-6-7-33-28(22(21)16-40)39-30(42)27-18(14-34-39)10-20(12-23(27)32)31(2,3)4/h6-7,10-15,17,40H,8-9,16H2,1-5H3,(H,35,36). The number of aromatic nitrogens is 6. The van der Waals surface area contributed by atoms with Gasteiger partial charge in [-0.05, 0) is 47.7 Å². The first-order valence-electron chi connectivity index (χ1n) is 13.9. The number of ether oxygens (including phenoxy) is 1. The molecule has 4 aromatic heterocycles. The van der Waals surface area contributed by atoms with Crippen molar-refractivity contribution in [3.8, 4) is 16.9 Å². The number of pyridine rings is 2. The number of nitrogens with zero attached hydrogens (tertiary/aromatic N) is 6. The molecule has 5 aromatic rings. The molecule has 222 valence electrons. The normalized spacial score (nSPS) is 15.1. The van der Waals surface area contributed by atoms with E-state index in [0.717, 1.165) is 15.9 Å². The summed E-state index contributed by atoms with van der Waals surface area (Å²) < 4.78 is 25.3. The number of anilines is 2. The lowest BCUT2D eigenvalue weighted by molar-refractivity contribution is 0.0289. The van der Waals surface area contributed by atoms with Gasteiger partial charge in [-0.2, -0.15) is 14.9 Å². The molecule has 12 heteroatoms. The van der Waals surface area contributed by atoms with E-state index >= 15 is 4.39 Å². The highest BCUT2D eigenvalue weighted by Gasteiger charge is 2.23. The lowest BCUT2D eigenvalue weighted by Gasteiger charge is -2.20. The van der Waals surface area contributed by atoms with Crippen LogP contribution in [0, 0.1) is 5.82 Å². The van der Waals surface area contributed by atoms with Crippen molar-refractivity contribution in [2.45, 2.75) is 52.4 Å². The molecule has 6 rings (SSSR count). The molecule has 1 unspecified atom stereocenters. The molecule has 0 amide bonds. The van der Waals surface area contributed by atoms with Gasteiger partial charge in [-0.1, -0.05) is 20.8 Å². The average Bonchev–Trinajstić information content (AvgIpc) is 3.38. The van der Waals surface area contributed by atoms with Crippen LogP contribution < -0.4 is 16.4 Å². The minimum Gasteiger partial charge on any atom is -0.392 e. The summed E-state index contributed by atoms with van der Waals surface area (Å²) >= 11 is 0. The van der Waals surface area contributed by atoms with Crippen molar-refractivity contribution in [3.05, 3.63) is 92.3 Å². The van der Waals surface area contributed by atoms with Crippen molar-refractivity contribution in [1.29, 1.82) is 0 Å². The first-order chi connectivity index (χ1) is 20.5. The molecule has 0 saturated carbocycles. The molecule has 2 N–H and O–H groups in total. The van der Waals surface area contributed by atoms with Crippen molar-refractivity contribution < 1.29 is 14.2 Å². The van der Waals surface area contributed by atoms with E-state index in [9.17, 15) is 14.7 Å². The Hall–Kier alpha value is -4.68. The highest BCUT2D eigenvalue weighted by molar-refractivity contribution is 5.83. The smallest absolute Gasteiger partial charge is 0.283 e. The quantitative estimate of drug-likeness (QED) is 0.315. The maximum Gasteiger partial charge on any atom is 0.283 e. The van der Waals surface area contributed by atoms with Crippen molar-refractivity contribution in [2.24, 2.45) is 7.05 Å². The minimum absolute atomic E-state index is 0.0605. The van der Waals surface area contributed by atoms with Crippen LogP contribution in [0.15, 0.2) is 58.5 Å². The number of hydrogen-bond donors (Lipinski definition) is 2. The maximum absolute atomic E-state index is 15.3. The number of benzene rings is 1. The molecule has 1 aliphatic rings. The molecule has 43 heavy (non-hydrogen) atoms. The van der Waals surface area contributed by atoms with Gasteiger partial charge in [-0.3, -0.25) is 14.3 Å². The van der Waals surface area contributed by atoms with E-state index in [0.29, 0.717) is 35.5 Å². The van der Waals surface area contributed by atoms with E-state index in [-0.39, 0.29) is 39.5 Å². The predicted octanol–water partition coefficient (Wildman–Crippen LogP) is 4.11. The van der Waals surface area contributed by atoms with Gasteiger partial charge in [-0.25, -0.2) is 9.37 Å². The van der Waals surface area contributed by atoms with Crippen LogP contribution in [0.2, 0.25) is 0 Å². The van der Waals surface area contributed by atoms with E-state index in [4.69, 9.17) is 4.74 Å². The van der Waals surface area contributed by atoms with Crippen LogP contribution in [-0.2, 0) is 30.4 Å². The first kappa shape index (κ1) is 28.4. The third-order valence-corrected chi connectivity index (χ3v) is 7.75. The van der Waals surface area contributed by atoms with Gasteiger partial charge in [0.25, 0.3) is 11.1 Å². The largest absolute Gasteiger partial charge is 0.392 e. The van der Waals surface area contributed by atoms with Gasteiger partial charge >= 0.3 is 0 Å². The topological polar surface area (TPSA) is 129 Å². The second kappa shape index (κ2) is 10.5. The highest BCUT2D eigenvalue weighted by Crippen LogP contribution is 2.31. The number of halogens is 1. The number of nitrogens with one attached hydrogen (secondary N) is 1. The Morgan fingerprint density at radius 3 is 2.67 bits per heavy atom. The van der Waals surface area contributed by atoms with E-state index in [1.54, 1.807) is 31.4 Å². The molecule has 1 atom stereocenters. The Labute approximate surface area is 246 Å². The zero-order valence-electron chi connectivity index (χ0n) is 24.6. The number of aliphatic hydroxyl groups excluding tert-OH is 1. The van der Waals surface area contributed by atoms with Gasteiger partial charge in [0.15, 0.2) is 11.6 Å². The molecule has 0 aliphatic carbocycles. The molecule has 0 radical (unpaired) electrons. The molecule has 5 heterocycles. The molecule has 0 saturated heterocycles. The molecule has 1 aromatic carbocycles. The van der Waals surface area contributed by atoms with Crippen molar-refractivity contribution in [3.63, 3.8) is 0 Å². The lowest BCUT2D eigenvalue weighted by Crippen LogP contribution is -2.25. The van der Waals surface area contributed by atoms with Crippen LogP contribution in [0.25, 0.3) is 27.7 Å². The van der Waals surface area contributed by atoms with Crippen LogP contribution in [0.4, 0.5) is 15.9 Å². The highest BCUT2D eigenvalue weighted by atomic mass is 19.1. The number of fused-ring (bicyclic) bond motifs is 2. The number of hydrogen-bond acceptors (Lipinski definition) is 8. The third-order valence-electron chi connectivity index (χ3n) is 7.75. The van der Waals surface area contributed by atoms with Gasteiger partial charge < -0.3 is 19.7 Å². The monoisotopic (exact) mass is 585 g/mol. The lowest BCUT2D eigenvalue weighted by atomic mass is 9.86. The first-order valence-corrected chi connectivity index (χ1v) is 13.9. The Morgan fingerprint density at radius 2 is 1.95 bits per heavy atom. The molecule has 0 bridgehead atoms. The van der Waals surface area contributed by atoms with Crippen molar-refractivity contribution >= 4 is 22.3 Å². The van der Waals surface area contributed by atoms with Crippen molar-refractivity contribution in [2.75, 3.05) is 11.9 Å². The fraction of sp³-hybridized carbons (Fsp3) is 0.323. The number of aliphatic hydroxyl groups is 1.